The molecule has 1 fully saturated rings. The number of amides is 3. The maximum Gasteiger partial charge on any atom is 0.319 e. The van der Waals surface area contributed by atoms with Gasteiger partial charge in [0.25, 0.3) is 0 Å². The van der Waals surface area contributed by atoms with E-state index in [0.29, 0.717) is 12.2 Å². The summed E-state index contributed by atoms with van der Waals surface area (Å²) < 4.78 is 0. The normalized spacial score (nSPS) is 19.0. The first-order valence-electron chi connectivity index (χ1n) is 9.57. The fraction of sp³-hybridized carbons (Fsp3) is 0.381. The molecule has 2 aromatic carbocycles. The standard InChI is InChI=1S/C21H25N3O4/c1-2-3-6-11-24-13-17(20(26)27)18(19(24)25)23-21(28)22-16-10-9-14-7-4-5-8-15(14)12-16/h4-5,7-10,12,17-18H,2-3,6,11,13H2,1H3,(H,26,27)(H2,22,23,28)/t17-,18-/m0/s1. The lowest BCUT2D eigenvalue weighted by Crippen LogP contribution is -2.47. The monoisotopic (exact) mass is 383 g/mol. The van der Waals surface area contributed by atoms with Gasteiger partial charge < -0.3 is 20.6 Å². The number of nitrogens with zero attached hydrogens (tertiary/aromatic N) is 1. The fourth-order valence-corrected chi connectivity index (χ4v) is 3.51. The van der Waals surface area contributed by atoms with Gasteiger partial charge in [0, 0.05) is 18.8 Å². The van der Waals surface area contributed by atoms with E-state index in [1.807, 2.05) is 36.4 Å². The molecule has 0 bridgehead atoms. The SMILES string of the molecule is CCCCCN1C[C@H](C(=O)O)[C@H](NC(=O)Nc2ccc3ccccc3c2)C1=O. The Morgan fingerprint density at radius 2 is 1.89 bits per heavy atom. The van der Waals surface area contributed by atoms with E-state index in [4.69, 9.17) is 0 Å². The number of unbranched alkanes of at least 4 members (excludes halogenated alkanes) is 2. The van der Waals surface area contributed by atoms with Crippen molar-refractivity contribution in [2.45, 2.75) is 32.2 Å². The lowest BCUT2D eigenvalue weighted by atomic mass is 10.0. The molecule has 2 atom stereocenters. The highest BCUT2D eigenvalue weighted by atomic mass is 16.4. The molecule has 0 unspecified atom stereocenters. The molecule has 148 valence electrons. The van der Waals surface area contributed by atoms with Crippen LogP contribution < -0.4 is 10.6 Å². The molecule has 3 N–H and O–H groups in total. The number of anilines is 1. The van der Waals surface area contributed by atoms with Crippen LogP contribution >= 0.6 is 0 Å². The van der Waals surface area contributed by atoms with Crippen LogP contribution in [0.1, 0.15) is 26.2 Å². The minimum absolute atomic E-state index is 0.124. The summed E-state index contributed by atoms with van der Waals surface area (Å²) in [6.45, 7) is 2.70. The molecule has 0 aliphatic carbocycles. The number of carbonyl (C=O) groups is 3. The molecule has 1 saturated heterocycles. The van der Waals surface area contributed by atoms with Crippen LogP contribution in [0.4, 0.5) is 10.5 Å². The van der Waals surface area contributed by atoms with Gasteiger partial charge in [-0.2, -0.15) is 0 Å². The largest absolute Gasteiger partial charge is 0.481 e. The molecule has 0 aromatic heterocycles. The number of carboxylic acids is 1. The van der Waals surface area contributed by atoms with Crippen molar-refractivity contribution in [1.82, 2.24) is 10.2 Å². The summed E-state index contributed by atoms with van der Waals surface area (Å²) in [5.74, 6) is -2.36. The van der Waals surface area contributed by atoms with Crippen molar-refractivity contribution in [1.29, 1.82) is 0 Å². The summed E-state index contributed by atoms with van der Waals surface area (Å²) >= 11 is 0. The van der Waals surface area contributed by atoms with E-state index in [1.54, 1.807) is 6.07 Å². The van der Waals surface area contributed by atoms with Crippen molar-refractivity contribution in [2.75, 3.05) is 18.4 Å². The zero-order valence-corrected chi connectivity index (χ0v) is 15.9. The van der Waals surface area contributed by atoms with Crippen LogP contribution in [0.5, 0.6) is 0 Å². The summed E-state index contributed by atoms with van der Waals surface area (Å²) in [4.78, 5) is 38.1. The Hall–Kier alpha value is -3.09. The van der Waals surface area contributed by atoms with Gasteiger partial charge in [-0.15, -0.1) is 0 Å². The number of carboxylic acid groups (broad SMARTS) is 1. The second-order valence-corrected chi connectivity index (χ2v) is 7.07. The average Bonchev–Trinajstić information content (AvgIpc) is 2.98. The number of hydrogen-bond donors (Lipinski definition) is 3. The molecule has 0 saturated carbocycles. The zero-order chi connectivity index (χ0) is 20.1. The number of urea groups is 1. The van der Waals surface area contributed by atoms with Gasteiger partial charge in [-0.1, -0.05) is 50.1 Å². The fourth-order valence-electron chi connectivity index (χ4n) is 3.51. The lowest BCUT2D eigenvalue weighted by Gasteiger charge is -2.17. The van der Waals surface area contributed by atoms with Crippen LogP contribution in [0.2, 0.25) is 0 Å². The van der Waals surface area contributed by atoms with Gasteiger partial charge in [0.05, 0.1) is 0 Å². The number of carbonyl (C=O) groups excluding carboxylic acids is 2. The van der Waals surface area contributed by atoms with Crippen LogP contribution in [0.15, 0.2) is 42.5 Å². The third-order valence-corrected chi connectivity index (χ3v) is 5.04. The zero-order valence-electron chi connectivity index (χ0n) is 15.9. The van der Waals surface area contributed by atoms with Crippen LogP contribution in [-0.2, 0) is 9.59 Å². The van der Waals surface area contributed by atoms with E-state index in [9.17, 15) is 19.5 Å². The summed E-state index contributed by atoms with van der Waals surface area (Å²) in [5.41, 5.74) is 0.577. The smallest absolute Gasteiger partial charge is 0.319 e. The molecule has 0 radical (unpaired) electrons. The van der Waals surface area contributed by atoms with Gasteiger partial charge >= 0.3 is 12.0 Å². The molecule has 0 spiro atoms. The summed E-state index contributed by atoms with van der Waals surface area (Å²) in [6.07, 6.45) is 2.81. The first-order valence-corrected chi connectivity index (χ1v) is 9.57. The Bertz CT molecular complexity index is 883. The molecule has 2 aromatic rings. The van der Waals surface area contributed by atoms with Crippen molar-refractivity contribution >= 4 is 34.4 Å². The maximum atomic E-state index is 12.6. The number of rotatable bonds is 7. The molecule has 7 nitrogen and oxygen atoms in total. The topological polar surface area (TPSA) is 98.7 Å². The van der Waals surface area contributed by atoms with Gasteiger partial charge in [-0.3, -0.25) is 9.59 Å². The van der Waals surface area contributed by atoms with Crippen molar-refractivity contribution in [3.05, 3.63) is 42.5 Å². The highest BCUT2D eigenvalue weighted by Gasteiger charge is 2.45. The molecule has 7 heteroatoms. The lowest BCUT2D eigenvalue weighted by molar-refractivity contribution is -0.142. The molecule has 28 heavy (non-hydrogen) atoms. The second kappa shape index (κ2) is 8.73. The highest BCUT2D eigenvalue weighted by molar-refractivity contribution is 5.98. The Labute approximate surface area is 163 Å². The predicted octanol–water partition coefficient (Wildman–Crippen LogP) is 3.06. The van der Waals surface area contributed by atoms with E-state index in [1.165, 1.54) is 4.90 Å². The molecule has 3 amide bonds. The molecule has 1 aliphatic rings. The third kappa shape index (κ3) is 4.42. The highest BCUT2D eigenvalue weighted by Crippen LogP contribution is 2.21. The van der Waals surface area contributed by atoms with E-state index in [0.717, 1.165) is 30.0 Å². The van der Waals surface area contributed by atoms with E-state index in [2.05, 4.69) is 17.6 Å². The van der Waals surface area contributed by atoms with Gasteiger partial charge in [-0.05, 0) is 29.3 Å². The van der Waals surface area contributed by atoms with Gasteiger partial charge in [0.1, 0.15) is 12.0 Å². The van der Waals surface area contributed by atoms with Gasteiger partial charge in [0.15, 0.2) is 0 Å². The van der Waals surface area contributed by atoms with Crippen LogP contribution in [0.25, 0.3) is 10.8 Å². The summed E-state index contributed by atoms with van der Waals surface area (Å²) in [6, 6.07) is 11.6. The second-order valence-electron chi connectivity index (χ2n) is 7.07. The Morgan fingerprint density at radius 1 is 1.14 bits per heavy atom. The molecular formula is C21H25N3O4. The molecule has 1 heterocycles. The quantitative estimate of drug-likeness (QED) is 0.640. The number of fused-ring (bicyclic) bond motifs is 1. The number of hydrogen-bond acceptors (Lipinski definition) is 3. The summed E-state index contributed by atoms with van der Waals surface area (Å²) in [5, 5.41) is 16.7. The van der Waals surface area contributed by atoms with Crippen LogP contribution in [0, 0.1) is 5.92 Å². The van der Waals surface area contributed by atoms with Crippen molar-refractivity contribution in [2.24, 2.45) is 5.92 Å². The van der Waals surface area contributed by atoms with E-state index in [-0.39, 0.29) is 12.5 Å². The number of likely N-dealkylation sites (tertiary alicyclic amines) is 1. The number of benzene rings is 2. The maximum absolute atomic E-state index is 12.6. The minimum Gasteiger partial charge on any atom is -0.481 e. The van der Waals surface area contributed by atoms with E-state index < -0.39 is 24.0 Å². The number of aliphatic carboxylic acids is 1. The van der Waals surface area contributed by atoms with Crippen molar-refractivity contribution < 1.29 is 19.5 Å². The Balaban J connectivity index is 1.66. The minimum atomic E-state index is -1.08. The summed E-state index contributed by atoms with van der Waals surface area (Å²) in [7, 11) is 0. The Kier molecular flexibility index (Phi) is 6.13. The van der Waals surface area contributed by atoms with Crippen molar-refractivity contribution in [3.63, 3.8) is 0 Å². The molecule has 3 rings (SSSR count). The predicted molar refractivity (Wildman–Crippen MR) is 107 cm³/mol. The number of nitrogens with one attached hydrogen (secondary N) is 2. The van der Waals surface area contributed by atoms with Crippen molar-refractivity contribution in [3.8, 4) is 0 Å². The van der Waals surface area contributed by atoms with Crippen LogP contribution in [-0.4, -0.2) is 47.0 Å². The third-order valence-electron chi connectivity index (χ3n) is 5.04. The first-order chi connectivity index (χ1) is 13.5. The first kappa shape index (κ1) is 19.7. The van der Waals surface area contributed by atoms with Gasteiger partial charge in [0.2, 0.25) is 5.91 Å². The molecule has 1 aliphatic heterocycles. The average molecular weight is 383 g/mol. The van der Waals surface area contributed by atoms with Crippen LogP contribution in [0.3, 0.4) is 0 Å². The van der Waals surface area contributed by atoms with Gasteiger partial charge in [-0.25, -0.2) is 4.79 Å². The molecular weight excluding hydrogens is 358 g/mol. The van der Waals surface area contributed by atoms with E-state index >= 15 is 0 Å². The Morgan fingerprint density at radius 3 is 2.61 bits per heavy atom.